The SMILES string of the molecule is O=C(O)c1cccc2[nH]c(=O)n(CC3CCCS3(=O)=O)c12. The van der Waals surface area contributed by atoms with Crippen LogP contribution in [0.2, 0.25) is 0 Å². The number of nitrogens with one attached hydrogen (secondary N) is 1. The van der Waals surface area contributed by atoms with Crippen molar-refractivity contribution >= 4 is 26.8 Å². The molecule has 21 heavy (non-hydrogen) atoms. The number of hydrogen-bond donors (Lipinski definition) is 2. The smallest absolute Gasteiger partial charge is 0.337 e. The van der Waals surface area contributed by atoms with Crippen molar-refractivity contribution < 1.29 is 18.3 Å². The maximum Gasteiger partial charge on any atom is 0.337 e. The molecule has 1 aliphatic heterocycles. The van der Waals surface area contributed by atoms with Gasteiger partial charge in [-0.1, -0.05) is 6.07 Å². The second kappa shape index (κ2) is 4.73. The van der Waals surface area contributed by atoms with Crippen LogP contribution in [-0.4, -0.2) is 40.0 Å². The van der Waals surface area contributed by atoms with E-state index in [1.807, 2.05) is 0 Å². The van der Waals surface area contributed by atoms with Crippen LogP contribution in [0.25, 0.3) is 11.0 Å². The van der Waals surface area contributed by atoms with Crippen molar-refractivity contribution in [2.24, 2.45) is 0 Å². The molecule has 8 heteroatoms. The van der Waals surface area contributed by atoms with Gasteiger partial charge in [-0.05, 0) is 25.0 Å². The third-order valence-corrected chi connectivity index (χ3v) is 6.13. The molecule has 1 aliphatic rings. The molecule has 1 aromatic heterocycles. The van der Waals surface area contributed by atoms with E-state index in [-0.39, 0.29) is 23.4 Å². The topological polar surface area (TPSA) is 109 Å². The van der Waals surface area contributed by atoms with Crippen LogP contribution in [0.5, 0.6) is 0 Å². The first kappa shape index (κ1) is 13.9. The van der Waals surface area contributed by atoms with Gasteiger partial charge in [0.25, 0.3) is 0 Å². The van der Waals surface area contributed by atoms with Crippen molar-refractivity contribution in [3.8, 4) is 0 Å². The van der Waals surface area contributed by atoms with Gasteiger partial charge in [0.05, 0.1) is 27.6 Å². The molecule has 0 radical (unpaired) electrons. The molecule has 2 N–H and O–H groups in total. The second-order valence-electron chi connectivity index (χ2n) is 5.18. The van der Waals surface area contributed by atoms with Gasteiger partial charge >= 0.3 is 11.7 Å². The standard InChI is InChI=1S/C13H14N2O5S/c16-12(17)9-4-1-5-10-11(9)15(13(18)14-10)7-8-3-2-6-21(8,19)20/h1,4-5,8H,2-3,6-7H2,(H,14,18)(H,16,17). The number of sulfone groups is 1. The summed E-state index contributed by atoms with van der Waals surface area (Å²) in [6.45, 7) is -0.00847. The number of aromatic carboxylic acids is 1. The molecule has 1 fully saturated rings. The highest BCUT2D eigenvalue weighted by atomic mass is 32.2. The number of carbonyl (C=O) groups is 1. The summed E-state index contributed by atoms with van der Waals surface area (Å²) in [6, 6.07) is 4.54. The summed E-state index contributed by atoms with van der Waals surface area (Å²) in [4.78, 5) is 25.9. The highest BCUT2D eigenvalue weighted by molar-refractivity contribution is 7.92. The number of rotatable bonds is 3. The van der Waals surface area contributed by atoms with E-state index >= 15 is 0 Å². The minimum atomic E-state index is -3.20. The lowest BCUT2D eigenvalue weighted by molar-refractivity contribution is 0.0698. The van der Waals surface area contributed by atoms with E-state index in [9.17, 15) is 23.1 Å². The Morgan fingerprint density at radius 3 is 2.81 bits per heavy atom. The number of carboxylic acid groups (broad SMARTS) is 1. The average Bonchev–Trinajstić information content (AvgIpc) is 2.90. The Morgan fingerprint density at radius 2 is 2.19 bits per heavy atom. The van der Waals surface area contributed by atoms with Crippen molar-refractivity contribution in [2.75, 3.05) is 5.75 Å². The number of nitrogens with zero attached hydrogens (tertiary/aromatic N) is 1. The molecule has 1 atom stereocenters. The highest BCUT2D eigenvalue weighted by Gasteiger charge is 2.32. The van der Waals surface area contributed by atoms with Gasteiger partial charge in [-0.25, -0.2) is 18.0 Å². The van der Waals surface area contributed by atoms with Gasteiger partial charge in [-0.2, -0.15) is 0 Å². The maximum absolute atomic E-state index is 12.0. The molecule has 112 valence electrons. The van der Waals surface area contributed by atoms with Crippen LogP contribution < -0.4 is 5.69 Å². The van der Waals surface area contributed by atoms with E-state index in [4.69, 9.17) is 0 Å². The monoisotopic (exact) mass is 310 g/mol. The molecule has 2 heterocycles. The lowest BCUT2D eigenvalue weighted by atomic mass is 10.2. The maximum atomic E-state index is 12.0. The quantitative estimate of drug-likeness (QED) is 0.863. The number of carboxylic acids is 1. The molecule has 7 nitrogen and oxygen atoms in total. The van der Waals surface area contributed by atoms with Crippen molar-refractivity contribution in [1.82, 2.24) is 9.55 Å². The minimum absolute atomic E-state index is 0.00847. The number of imidazole rings is 1. The summed E-state index contributed by atoms with van der Waals surface area (Å²) >= 11 is 0. The number of aromatic nitrogens is 2. The summed E-state index contributed by atoms with van der Waals surface area (Å²) in [7, 11) is -3.20. The van der Waals surface area contributed by atoms with E-state index in [1.54, 1.807) is 12.1 Å². The second-order valence-corrected chi connectivity index (χ2v) is 7.58. The van der Waals surface area contributed by atoms with Crippen LogP contribution in [0.4, 0.5) is 0 Å². The van der Waals surface area contributed by atoms with Crippen molar-refractivity contribution in [2.45, 2.75) is 24.6 Å². The fourth-order valence-electron chi connectivity index (χ4n) is 2.83. The number of hydrogen-bond acceptors (Lipinski definition) is 4. The summed E-state index contributed by atoms with van der Waals surface area (Å²) < 4.78 is 25.1. The predicted octanol–water partition coefficient (Wildman–Crippen LogP) is 0.605. The zero-order chi connectivity index (χ0) is 15.2. The molecular formula is C13H14N2O5S. The Morgan fingerprint density at radius 1 is 1.43 bits per heavy atom. The van der Waals surface area contributed by atoms with Gasteiger partial charge in [0.15, 0.2) is 9.84 Å². The van der Waals surface area contributed by atoms with E-state index in [0.717, 1.165) is 0 Å². The van der Waals surface area contributed by atoms with Crippen molar-refractivity contribution in [3.63, 3.8) is 0 Å². The average molecular weight is 310 g/mol. The van der Waals surface area contributed by atoms with Gasteiger partial charge in [-0.3, -0.25) is 4.57 Å². The van der Waals surface area contributed by atoms with Gasteiger partial charge in [0.1, 0.15) is 0 Å². The summed E-state index contributed by atoms with van der Waals surface area (Å²) in [5.41, 5.74) is 0.148. The lowest BCUT2D eigenvalue weighted by Crippen LogP contribution is -2.28. The number of para-hydroxylation sites is 1. The largest absolute Gasteiger partial charge is 0.478 e. The summed E-state index contributed by atoms with van der Waals surface area (Å²) in [5, 5.41) is 8.60. The molecule has 1 unspecified atom stereocenters. The molecule has 0 spiro atoms. The van der Waals surface area contributed by atoms with E-state index < -0.39 is 26.7 Å². The predicted molar refractivity (Wildman–Crippen MR) is 76.3 cm³/mol. The molecule has 0 bridgehead atoms. The van der Waals surface area contributed by atoms with Gasteiger partial charge in [-0.15, -0.1) is 0 Å². The lowest BCUT2D eigenvalue weighted by Gasteiger charge is -2.11. The molecule has 1 saturated heterocycles. The zero-order valence-corrected chi connectivity index (χ0v) is 11.9. The fraction of sp³-hybridized carbons (Fsp3) is 0.385. The number of benzene rings is 1. The van der Waals surface area contributed by atoms with Gasteiger partial charge in [0.2, 0.25) is 0 Å². The van der Waals surface area contributed by atoms with Crippen LogP contribution in [0.3, 0.4) is 0 Å². The molecule has 0 saturated carbocycles. The van der Waals surface area contributed by atoms with Crippen LogP contribution >= 0.6 is 0 Å². The van der Waals surface area contributed by atoms with Crippen LogP contribution in [0, 0.1) is 0 Å². The van der Waals surface area contributed by atoms with E-state index in [0.29, 0.717) is 18.4 Å². The normalized spacial score (nSPS) is 20.9. The number of H-pyrrole nitrogens is 1. The molecule has 0 amide bonds. The summed E-state index contributed by atoms with van der Waals surface area (Å²) in [6.07, 6.45) is 1.08. The Bertz CT molecular complexity index is 878. The molecule has 1 aromatic carbocycles. The van der Waals surface area contributed by atoms with Crippen molar-refractivity contribution in [3.05, 3.63) is 34.2 Å². The van der Waals surface area contributed by atoms with Crippen molar-refractivity contribution in [1.29, 1.82) is 0 Å². The minimum Gasteiger partial charge on any atom is -0.478 e. The fourth-order valence-corrected chi connectivity index (χ4v) is 4.64. The van der Waals surface area contributed by atoms with Gasteiger partial charge in [0, 0.05) is 6.54 Å². The number of aromatic amines is 1. The van der Waals surface area contributed by atoms with Crippen LogP contribution in [-0.2, 0) is 16.4 Å². The van der Waals surface area contributed by atoms with Gasteiger partial charge < -0.3 is 10.1 Å². The Kier molecular flexibility index (Phi) is 3.12. The Hall–Kier alpha value is -2.09. The Labute approximate surface area is 120 Å². The highest BCUT2D eigenvalue weighted by Crippen LogP contribution is 2.23. The van der Waals surface area contributed by atoms with Crippen LogP contribution in [0.1, 0.15) is 23.2 Å². The first-order valence-electron chi connectivity index (χ1n) is 6.56. The van der Waals surface area contributed by atoms with E-state index in [2.05, 4.69) is 4.98 Å². The Balaban J connectivity index is 2.16. The van der Waals surface area contributed by atoms with Crippen LogP contribution in [0.15, 0.2) is 23.0 Å². The third-order valence-electron chi connectivity index (χ3n) is 3.87. The molecule has 0 aliphatic carbocycles. The van der Waals surface area contributed by atoms with E-state index in [1.165, 1.54) is 10.6 Å². The first-order valence-corrected chi connectivity index (χ1v) is 8.28. The zero-order valence-electron chi connectivity index (χ0n) is 11.1. The first-order chi connectivity index (χ1) is 9.90. The molecule has 2 aromatic rings. The third kappa shape index (κ3) is 2.25. The summed E-state index contributed by atoms with van der Waals surface area (Å²) in [5.74, 6) is -1.02. The molecule has 3 rings (SSSR count). The molecular weight excluding hydrogens is 296 g/mol. The number of fused-ring (bicyclic) bond motifs is 1.